The standard InChI is InChI=1S/C27H25ClN2O3/c1-5-33-21-10-7-19(8-11-21)24-25(29-22-12-9-20(28)15-17(22)3)27(32)30(26(24)31)23-13-6-16(2)14-18(23)4/h6-15,29H,5H2,1-4H3. The van der Waals surface area contributed by atoms with Crippen molar-refractivity contribution >= 4 is 40.4 Å². The van der Waals surface area contributed by atoms with Gasteiger partial charge in [0.2, 0.25) is 0 Å². The highest BCUT2D eigenvalue weighted by Gasteiger charge is 2.41. The van der Waals surface area contributed by atoms with Gasteiger partial charge in [0.05, 0.1) is 17.9 Å². The van der Waals surface area contributed by atoms with Crippen LogP contribution in [0.2, 0.25) is 5.02 Å². The van der Waals surface area contributed by atoms with Crippen molar-refractivity contribution in [3.05, 3.63) is 93.6 Å². The van der Waals surface area contributed by atoms with Crippen LogP contribution in [-0.4, -0.2) is 18.4 Å². The summed E-state index contributed by atoms with van der Waals surface area (Å²) in [5.74, 6) is -0.0664. The monoisotopic (exact) mass is 460 g/mol. The first-order chi connectivity index (χ1) is 15.8. The minimum Gasteiger partial charge on any atom is -0.494 e. The second kappa shape index (κ2) is 9.12. The van der Waals surface area contributed by atoms with Crippen LogP contribution >= 0.6 is 11.6 Å². The van der Waals surface area contributed by atoms with E-state index in [1.54, 1.807) is 36.4 Å². The van der Waals surface area contributed by atoms with Crippen LogP contribution in [0.4, 0.5) is 11.4 Å². The Bertz CT molecular complexity index is 1280. The van der Waals surface area contributed by atoms with E-state index in [-0.39, 0.29) is 11.6 Å². The fourth-order valence-corrected chi connectivity index (χ4v) is 4.20. The molecule has 33 heavy (non-hydrogen) atoms. The van der Waals surface area contributed by atoms with Gasteiger partial charge < -0.3 is 10.1 Å². The zero-order valence-electron chi connectivity index (χ0n) is 19.0. The summed E-state index contributed by atoms with van der Waals surface area (Å²) in [6.07, 6.45) is 0. The molecule has 2 amide bonds. The third-order valence-corrected chi connectivity index (χ3v) is 5.81. The van der Waals surface area contributed by atoms with E-state index in [2.05, 4.69) is 5.32 Å². The molecule has 1 aliphatic heterocycles. The molecule has 0 atom stereocenters. The molecule has 1 aliphatic rings. The van der Waals surface area contributed by atoms with Crippen LogP contribution in [0.5, 0.6) is 5.75 Å². The lowest BCUT2D eigenvalue weighted by Gasteiger charge is -2.18. The highest BCUT2D eigenvalue weighted by atomic mass is 35.5. The normalized spacial score (nSPS) is 13.7. The van der Waals surface area contributed by atoms with Gasteiger partial charge in [0.1, 0.15) is 11.4 Å². The molecule has 168 valence electrons. The number of carbonyl (C=O) groups is 2. The molecule has 0 aromatic heterocycles. The van der Waals surface area contributed by atoms with Crippen LogP contribution in [0, 0.1) is 20.8 Å². The zero-order chi connectivity index (χ0) is 23.7. The van der Waals surface area contributed by atoms with E-state index in [1.807, 2.05) is 52.0 Å². The fourth-order valence-electron chi connectivity index (χ4n) is 3.98. The number of hydrogen-bond acceptors (Lipinski definition) is 4. The van der Waals surface area contributed by atoms with Gasteiger partial charge in [0, 0.05) is 10.7 Å². The Morgan fingerprint density at radius 3 is 2.24 bits per heavy atom. The molecule has 1 heterocycles. The van der Waals surface area contributed by atoms with Crippen molar-refractivity contribution in [2.45, 2.75) is 27.7 Å². The fraction of sp³-hybridized carbons (Fsp3) is 0.185. The molecule has 3 aromatic carbocycles. The number of amides is 2. The molecular formula is C27H25ClN2O3. The predicted octanol–water partition coefficient (Wildman–Crippen LogP) is 6.06. The minimum atomic E-state index is -0.398. The Morgan fingerprint density at radius 2 is 1.61 bits per heavy atom. The van der Waals surface area contributed by atoms with Gasteiger partial charge in [0.15, 0.2) is 0 Å². The van der Waals surface area contributed by atoms with Gasteiger partial charge in [-0.2, -0.15) is 0 Å². The summed E-state index contributed by atoms with van der Waals surface area (Å²) in [5.41, 5.74) is 5.25. The summed E-state index contributed by atoms with van der Waals surface area (Å²) in [4.78, 5) is 28.5. The topological polar surface area (TPSA) is 58.6 Å². The first-order valence-corrected chi connectivity index (χ1v) is 11.1. The smallest absolute Gasteiger partial charge is 0.282 e. The second-order valence-corrected chi connectivity index (χ2v) is 8.46. The molecule has 0 saturated carbocycles. The number of ether oxygens (including phenoxy) is 1. The molecule has 5 nitrogen and oxygen atoms in total. The molecule has 4 rings (SSSR count). The number of nitrogens with one attached hydrogen (secondary N) is 1. The molecule has 0 spiro atoms. The van der Waals surface area contributed by atoms with Crippen molar-refractivity contribution in [1.82, 2.24) is 0 Å². The third-order valence-electron chi connectivity index (χ3n) is 5.58. The van der Waals surface area contributed by atoms with Crippen molar-refractivity contribution in [3.8, 4) is 5.75 Å². The highest BCUT2D eigenvalue weighted by molar-refractivity contribution is 6.46. The number of aryl methyl sites for hydroxylation is 3. The molecule has 0 fully saturated rings. The Morgan fingerprint density at radius 1 is 0.879 bits per heavy atom. The maximum Gasteiger partial charge on any atom is 0.282 e. The average Bonchev–Trinajstić information content (AvgIpc) is 3.01. The van der Waals surface area contributed by atoms with Crippen LogP contribution in [0.25, 0.3) is 5.57 Å². The zero-order valence-corrected chi connectivity index (χ0v) is 19.8. The maximum atomic E-state index is 13.7. The molecule has 1 N–H and O–H groups in total. The van der Waals surface area contributed by atoms with E-state index in [0.717, 1.165) is 16.7 Å². The number of nitrogens with zero attached hydrogens (tertiary/aromatic N) is 1. The quantitative estimate of drug-likeness (QED) is 0.454. The van der Waals surface area contributed by atoms with E-state index in [1.165, 1.54) is 4.90 Å². The summed E-state index contributed by atoms with van der Waals surface area (Å²) in [7, 11) is 0. The van der Waals surface area contributed by atoms with E-state index in [0.29, 0.717) is 39.9 Å². The van der Waals surface area contributed by atoms with Crippen molar-refractivity contribution in [2.24, 2.45) is 0 Å². The first kappa shape index (κ1) is 22.6. The van der Waals surface area contributed by atoms with Crippen molar-refractivity contribution in [1.29, 1.82) is 0 Å². The summed E-state index contributed by atoms with van der Waals surface area (Å²) in [6.45, 7) is 8.23. The lowest BCUT2D eigenvalue weighted by atomic mass is 10.0. The molecule has 6 heteroatoms. The summed E-state index contributed by atoms with van der Waals surface area (Å²) < 4.78 is 5.53. The van der Waals surface area contributed by atoms with Crippen LogP contribution in [0.1, 0.15) is 29.2 Å². The van der Waals surface area contributed by atoms with Gasteiger partial charge in [-0.25, -0.2) is 4.90 Å². The number of carbonyl (C=O) groups excluding carboxylic acids is 2. The summed E-state index contributed by atoms with van der Waals surface area (Å²) in [6, 6.07) is 18.2. The second-order valence-electron chi connectivity index (χ2n) is 8.03. The number of rotatable bonds is 6. The highest BCUT2D eigenvalue weighted by Crippen LogP contribution is 2.36. The lowest BCUT2D eigenvalue weighted by molar-refractivity contribution is -0.120. The third kappa shape index (κ3) is 4.37. The minimum absolute atomic E-state index is 0.231. The van der Waals surface area contributed by atoms with Crippen molar-refractivity contribution in [3.63, 3.8) is 0 Å². The summed E-state index contributed by atoms with van der Waals surface area (Å²) >= 11 is 6.10. The Labute approximate surface area is 198 Å². The van der Waals surface area contributed by atoms with Crippen LogP contribution in [0.3, 0.4) is 0 Å². The largest absolute Gasteiger partial charge is 0.494 e. The van der Waals surface area contributed by atoms with Gasteiger partial charge in [-0.05, 0) is 80.8 Å². The van der Waals surface area contributed by atoms with Gasteiger partial charge in [-0.15, -0.1) is 0 Å². The number of imide groups is 1. The van der Waals surface area contributed by atoms with Gasteiger partial charge in [0.25, 0.3) is 11.8 Å². The number of hydrogen-bond donors (Lipinski definition) is 1. The average molecular weight is 461 g/mol. The molecule has 0 bridgehead atoms. The van der Waals surface area contributed by atoms with Crippen molar-refractivity contribution < 1.29 is 14.3 Å². The number of anilines is 2. The van der Waals surface area contributed by atoms with Gasteiger partial charge in [-0.3, -0.25) is 9.59 Å². The van der Waals surface area contributed by atoms with Crippen LogP contribution in [-0.2, 0) is 9.59 Å². The molecule has 0 aliphatic carbocycles. The van der Waals surface area contributed by atoms with Crippen molar-refractivity contribution in [2.75, 3.05) is 16.8 Å². The molecule has 3 aromatic rings. The van der Waals surface area contributed by atoms with Crippen LogP contribution < -0.4 is 15.0 Å². The molecule has 0 radical (unpaired) electrons. The Kier molecular flexibility index (Phi) is 6.25. The molecular weight excluding hydrogens is 436 g/mol. The van der Waals surface area contributed by atoms with E-state index in [4.69, 9.17) is 16.3 Å². The molecule has 0 saturated heterocycles. The number of halogens is 1. The summed E-state index contributed by atoms with van der Waals surface area (Å²) in [5, 5.41) is 3.81. The number of benzene rings is 3. The maximum absolute atomic E-state index is 13.7. The Balaban J connectivity index is 1.83. The molecule has 0 unspecified atom stereocenters. The van der Waals surface area contributed by atoms with E-state index >= 15 is 0 Å². The van der Waals surface area contributed by atoms with Gasteiger partial charge >= 0.3 is 0 Å². The van der Waals surface area contributed by atoms with Gasteiger partial charge in [-0.1, -0.05) is 41.4 Å². The Hall–Kier alpha value is -3.57. The van der Waals surface area contributed by atoms with E-state index in [9.17, 15) is 9.59 Å². The van der Waals surface area contributed by atoms with Crippen LogP contribution in [0.15, 0.2) is 66.4 Å². The SMILES string of the molecule is CCOc1ccc(C2=C(Nc3ccc(Cl)cc3C)C(=O)N(c3ccc(C)cc3C)C2=O)cc1. The van der Waals surface area contributed by atoms with E-state index < -0.39 is 5.91 Å². The lowest BCUT2D eigenvalue weighted by Crippen LogP contribution is -2.33. The predicted molar refractivity (Wildman–Crippen MR) is 133 cm³/mol. The first-order valence-electron chi connectivity index (χ1n) is 10.8.